The average molecular weight is 236 g/mol. The number of hydrogen-bond donors (Lipinski definition) is 1. The average Bonchev–Trinajstić information content (AvgIpc) is 2.30. The Bertz CT molecular complexity index is 344. The largest absolute Gasteiger partial charge is 0.475 e. The highest BCUT2D eigenvalue weighted by Gasteiger charge is 2.22. The lowest BCUT2D eigenvalue weighted by molar-refractivity contribution is -0.403. The van der Waals surface area contributed by atoms with E-state index in [0.29, 0.717) is 0 Å². The molecule has 1 heterocycles. The maximum atomic E-state index is 10.3. The van der Waals surface area contributed by atoms with E-state index in [4.69, 9.17) is 5.11 Å². The van der Waals surface area contributed by atoms with Crippen molar-refractivity contribution in [1.29, 1.82) is 0 Å². The van der Waals surface area contributed by atoms with Crippen LogP contribution in [0.5, 0.6) is 0 Å². The van der Waals surface area contributed by atoms with Crippen LogP contribution >= 0.6 is 15.9 Å². The van der Waals surface area contributed by atoms with E-state index in [1.807, 2.05) is 0 Å². The van der Waals surface area contributed by atoms with Crippen molar-refractivity contribution >= 4 is 27.8 Å². The second kappa shape index (κ2) is 2.94. The van der Waals surface area contributed by atoms with Crippen LogP contribution in [0.25, 0.3) is 0 Å². The van der Waals surface area contributed by atoms with Crippen molar-refractivity contribution < 1.29 is 19.2 Å². The van der Waals surface area contributed by atoms with Gasteiger partial charge in [-0.05, 0) is 15.9 Å². The Labute approximate surface area is 74.1 Å². The predicted molar refractivity (Wildman–Crippen MR) is 40.0 cm³/mol. The third kappa shape index (κ3) is 1.45. The summed E-state index contributed by atoms with van der Waals surface area (Å²) in [6.45, 7) is 0. The minimum absolute atomic E-state index is 0.0184. The molecule has 1 aromatic rings. The van der Waals surface area contributed by atoms with E-state index in [0.717, 1.165) is 6.07 Å². The highest BCUT2D eigenvalue weighted by molar-refractivity contribution is 9.10. The number of rotatable bonds is 2. The molecule has 0 unspecified atom stereocenters. The maximum absolute atomic E-state index is 10.3. The fourth-order valence-electron chi connectivity index (χ4n) is 0.589. The van der Waals surface area contributed by atoms with Gasteiger partial charge in [0.1, 0.15) is 9.40 Å². The van der Waals surface area contributed by atoms with Crippen LogP contribution in [0.2, 0.25) is 0 Å². The van der Waals surface area contributed by atoms with Crippen molar-refractivity contribution in [1.82, 2.24) is 0 Å². The van der Waals surface area contributed by atoms with Crippen molar-refractivity contribution in [2.75, 3.05) is 0 Å². The molecule has 0 aromatic carbocycles. The second-order valence-corrected chi connectivity index (χ2v) is 2.68. The van der Waals surface area contributed by atoms with Gasteiger partial charge in [-0.2, -0.15) is 0 Å². The Morgan fingerprint density at radius 2 is 2.33 bits per heavy atom. The van der Waals surface area contributed by atoms with E-state index in [2.05, 4.69) is 20.3 Å². The number of carboxylic acid groups (broad SMARTS) is 1. The van der Waals surface area contributed by atoms with Crippen LogP contribution < -0.4 is 0 Å². The molecule has 7 heteroatoms. The Hall–Kier alpha value is -1.37. The second-order valence-electron chi connectivity index (χ2n) is 1.83. The van der Waals surface area contributed by atoms with Crippen molar-refractivity contribution in [3.05, 3.63) is 26.4 Å². The minimum Gasteiger partial charge on any atom is -0.475 e. The molecule has 1 rings (SSSR count). The number of carboxylic acids is 1. The molecule has 0 atom stereocenters. The SMILES string of the molecule is O=C(O)c1cc(Br)c([N+](=O)[O-])o1. The standard InChI is InChI=1S/C5H2BrNO5/c6-2-1-3(5(8)9)12-4(2)7(10)11/h1H,(H,8,9). The zero-order valence-corrected chi connectivity index (χ0v) is 7.07. The third-order valence-corrected chi connectivity index (χ3v) is 1.61. The molecule has 12 heavy (non-hydrogen) atoms. The normalized spacial score (nSPS) is 9.75. The molecule has 0 aliphatic heterocycles. The number of nitrogens with zero attached hydrogens (tertiary/aromatic N) is 1. The smallest absolute Gasteiger partial charge is 0.448 e. The van der Waals surface area contributed by atoms with E-state index in [-0.39, 0.29) is 4.47 Å². The highest BCUT2D eigenvalue weighted by atomic mass is 79.9. The van der Waals surface area contributed by atoms with Gasteiger partial charge >= 0.3 is 11.9 Å². The first-order valence-corrected chi connectivity index (χ1v) is 3.48. The van der Waals surface area contributed by atoms with E-state index < -0.39 is 22.5 Å². The number of aromatic carboxylic acids is 1. The first-order chi connectivity index (χ1) is 5.52. The molecule has 0 fully saturated rings. The number of nitro groups is 1. The summed E-state index contributed by atoms with van der Waals surface area (Å²) >= 11 is 2.79. The van der Waals surface area contributed by atoms with Gasteiger partial charge in [-0.25, -0.2) is 4.79 Å². The minimum atomic E-state index is -1.34. The summed E-state index contributed by atoms with van der Waals surface area (Å²) in [5.41, 5.74) is 0. The number of halogens is 1. The Balaban J connectivity index is 3.17. The van der Waals surface area contributed by atoms with Gasteiger partial charge in [0.25, 0.3) is 0 Å². The van der Waals surface area contributed by atoms with Crippen LogP contribution in [0.15, 0.2) is 15.0 Å². The fourth-order valence-corrected chi connectivity index (χ4v) is 1.02. The molecule has 0 saturated heterocycles. The molecule has 0 spiro atoms. The van der Waals surface area contributed by atoms with Crippen LogP contribution in [0.3, 0.4) is 0 Å². The zero-order valence-electron chi connectivity index (χ0n) is 5.48. The van der Waals surface area contributed by atoms with E-state index >= 15 is 0 Å². The molecule has 1 N–H and O–H groups in total. The molecular formula is C5H2BrNO5. The highest BCUT2D eigenvalue weighted by Crippen LogP contribution is 2.28. The topological polar surface area (TPSA) is 93.6 Å². The van der Waals surface area contributed by atoms with Gasteiger partial charge in [-0.3, -0.25) is 10.1 Å². The van der Waals surface area contributed by atoms with Gasteiger partial charge in [0.05, 0.1) is 0 Å². The van der Waals surface area contributed by atoms with E-state index in [1.165, 1.54) is 0 Å². The number of furan rings is 1. The predicted octanol–water partition coefficient (Wildman–Crippen LogP) is 1.65. The molecule has 1 aromatic heterocycles. The maximum Gasteiger partial charge on any atom is 0.448 e. The van der Waals surface area contributed by atoms with Crippen molar-refractivity contribution in [3.63, 3.8) is 0 Å². The summed E-state index contributed by atoms with van der Waals surface area (Å²) in [5.74, 6) is -2.41. The van der Waals surface area contributed by atoms with E-state index in [1.54, 1.807) is 0 Å². The summed E-state index contributed by atoms with van der Waals surface area (Å²) < 4.78 is 4.41. The molecule has 0 bridgehead atoms. The van der Waals surface area contributed by atoms with Gasteiger partial charge in [0, 0.05) is 6.07 Å². The number of carbonyl (C=O) groups is 1. The summed E-state index contributed by atoms with van der Waals surface area (Å²) in [6.07, 6.45) is 0. The molecule has 0 saturated carbocycles. The molecule has 0 amide bonds. The van der Waals surface area contributed by atoms with Crippen LogP contribution in [0, 0.1) is 10.1 Å². The van der Waals surface area contributed by atoms with Crippen molar-refractivity contribution in [2.24, 2.45) is 0 Å². The lowest BCUT2D eigenvalue weighted by atomic mass is 10.5. The Morgan fingerprint density at radius 1 is 1.75 bits per heavy atom. The fraction of sp³-hybridized carbons (Fsp3) is 0. The molecule has 64 valence electrons. The van der Waals surface area contributed by atoms with Gasteiger partial charge in [-0.15, -0.1) is 0 Å². The molecular weight excluding hydrogens is 234 g/mol. The number of hydrogen-bond acceptors (Lipinski definition) is 4. The van der Waals surface area contributed by atoms with Crippen LogP contribution in [0.4, 0.5) is 5.88 Å². The zero-order chi connectivity index (χ0) is 9.30. The first-order valence-electron chi connectivity index (χ1n) is 2.69. The first kappa shape index (κ1) is 8.72. The van der Waals surface area contributed by atoms with Gasteiger partial charge in [-0.1, -0.05) is 0 Å². The molecule has 0 radical (unpaired) electrons. The molecule has 6 nitrogen and oxygen atoms in total. The lowest BCUT2D eigenvalue weighted by Gasteiger charge is -1.83. The quantitative estimate of drug-likeness (QED) is 0.622. The summed E-state index contributed by atoms with van der Waals surface area (Å²) in [5, 5.41) is 18.5. The van der Waals surface area contributed by atoms with Crippen LogP contribution in [-0.4, -0.2) is 16.0 Å². The summed E-state index contributed by atoms with van der Waals surface area (Å²) in [4.78, 5) is 19.6. The van der Waals surface area contributed by atoms with Crippen molar-refractivity contribution in [3.8, 4) is 0 Å². The van der Waals surface area contributed by atoms with Crippen LogP contribution in [-0.2, 0) is 0 Å². The lowest BCUT2D eigenvalue weighted by Crippen LogP contribution is -1.92. The third-order valence-electron chi connectivity index (χ3n) is 1.05. The van der Waals surface area contributed by atoms with Crippen molar-refractivity contribution in [2.45, 2.75) is 0 Å². The van der Waals surface area contributed by atoms with Crippen LogP contribution in [0.1, 0.15) is 10.6 Å². The Morgan fingerprint density at radius 3 is 2.58 bits per heavy atom. The Kier molecular flexibility index (Phi) is 2.13. The van der Waals surface area contributed by atoms with Gasteiger partial charge in [0.15, 0.2) is 0 Å². The summed E-state index contributed by atoms with van der Waals surface area (Å²) in [6, 6.07) is 1.03. The van der Waals surface area contributed by atoms with Gasteiger partial charge in [0.2, 0.25) is 5.76 Å². The summed E-state index contributed by atoms with van der Waals surface area (Å²) in [7, 11) is 0. The molecule has 0 aliphatic rings. The van der Waals surface area contributed by atoms with Gasteiger partial charge < -0.3 is 9.52 Å². The molecule has 0 aliphatic carbocycles. The van der Waals surface area contributed by atoms with E-state index in [9.17, 15) is 14.9 Å². The monoisotopic (exact) mass is 235 g/mol.